The number of anilines is 3. The lowest BCUT2D eigenvalue weighted by Crippen LogP contribution is -2.42. The molecule has 5 aromatic rings. The van der Waals surface area contributed by atoms with Crippen molar-refractivity contribution in [3.8, 4) is 22.3 Å². The third-order valence-corrected chi connectivity index (χ3v) is 11.9. The highest BCUT2D eigenvalue weighted by Gasteiger charge is 2.52. The molecule has 232 valence electrons. The van der Waals surface area contributed by atoms with Gasteiger partial charge in [-0.2, -0.15) is 0 Å². The van der Waals surface area contributed by atoms with Crippen LogP contribution in [0, 0.1) is 17.8 Å². The molecule has 47 heavy (non-hydrogen) atoms. The van der Waals surface area contributed by atoms with Gasteiger partial charge < -0.3 is 4.90 Å². The minimum Gasteiger partial charge on any atom is -0.309 e. The highest BCUT2D eigenvalue weighted by Crippen LogP contribution is 2.62. The molecule has 2 heteroatoms. The van der Waals surface area contributed by atoms with E-state index in [1.807, 2.05) is 0 Å². The van der Waals surface area contributed by atoms with Gasteiger partial charge in [-0.15, -0.1) is 0 Å². The van der Waals surface area contributed by atoms with Crippen molar-refractivity contribution in [3.05, 3.63) is 154 Å². The van der Waals surface area contributed by atoms with Crippen molar-refractivity contribution in [1.29, 1.82) is 0 Å². The van der Waals surface area contributed by atoms with Crippen molar-refractivity contribution >= 4 is 34.7 Å². The van der Waals surface area contributed by atoms with Gasteiger partial charge in [-0.3, -0.25) is 0 Å². The van der Waals surface area contributed by atoms with E-state index in [9.17, 15) is 0 Å². The predicted molar refractivity (Wildman–Crippen MR) is 199 cm³/mol. The summed E-state index contributed by atoms with van der Waals surface area (Å²) in [4.78, 5) is 2.40. The third-order valence-electron chi connectivity index (χ3n) is 11.6. The molecule has 1 nitrogen and oxygen atoms in total. The van der Waals surface area contributed by atoms with Crippen LogP contribution in [0.3, 0.4) is 0 Å². The van der Waals surface area contributed by atoms with E-state index in [2.05, 4.69) is 146 Å². The number of nitrogens with zero attached hydrogens (tertiary/aromatic N) is 1. The van der Waals surface area contributed by atoms with Gasteiger partial charge in [-0.05, 0) is 138 Å². The second-order valence-corrected chi connectivity index (χ2v) is 14.8. The maximum atomic E-state index is 7.46. The quantitative estimate of drug-likeness (QED) is 0.179. The molecule has 0 amide bonds. The van der Waals surface area contributed by atoms with E-state index in [-0.39, 0.29) is 5.41 Å². The van der Waals surface area contributed by atoms with Gasteiger partial charge in [0.25, 0.3) is 0 Å². The summed E-state index contributed by atoms with van der Waals surface area (Å²) in [5, 5.41) is 0.784. The van der Waals surface area contributed by atoms with E-state index in [1.165, 1.54) is 63.8 Å². The summed E-state index contributed by atoms with van der Waals surface area (Å²) in [5.74, 6) is 2.00. The van der Waals surface area contributed by atoms with Crippen LogP contribution < -0.4 is 4.90 Å². The molecule has 4 atom stereocenters. The Bertz CT molecular complexity index is 2070. The molecular formula is C45H40ClN. The minimum absolute atomic E-state index is 0.135. The summed E-state index contributed by atoms with van der Waals surface area (Å²) < 4.78 is 0. The Hall–Kier alpha value is -4.33. The molecule has 1 saturated carbocycles. The molecule has 1 fully saturated rings. The van der Waals surface area contributed by atoms with Crippen molar-refractivity contribution in [1.82, 2.24) is 0 Å². The van der Waals surface area contributed by atoms with E-state index in [0.29, 0.717) is 11.8 Å². The normalized spacial score (nSPS) is 23.6. The van der Waals surface area contributed by atoms with Gasteiger partial charge >= 0.3 is 0 Å². The first-order valence-electron chi connectivity index (χ1n) is 17.4. The predicted octanol–water partition coefficient (Wildman–Crippen LogP) is 12.7. The van der Waals surface area contributed by atoms with Crippen LogP contribution in [-0.2, 0) is 11.8 Å². The van der Waals surface area contributed by atoms with Crippen LogP contribution in [0.15, 0.2) is 127 Å². The van der Waals surface area contributed by atoms with Crippen molar-refractivity contribution < 1.29 is 0 Å². The maximum absolute atomic E-state index is 7.46. The first kappa shape index (κ1) is 28.9. The molecule has 4 aliphatic carbocycles. The number of fused-ring (bicyclic) bond motifs is 9. The molecule has 5 aromatic carbocycles. The van der Waals surface area contributed by atoms with E-state index >= 15 is 0 Å². The fourth-order valence-corrected chi connectivity index (χ4v) is 9.73. The van der Waals surface area contributed by atoms with Gasteiger partial charge in [0, 0.05) is 16.8 Å². The number of allylic oxidation sites excluding steroid dienone is 3. The first-order chi connectivity index (χ1) is 23.0. The van der Waals surface area contributed by atoms with E-state index in [4.69, 9.17) is 11.6 Å². The summed E-state index contributed by atoms with van der Waals surface area (Å²) in [7, 11) is 0. The Morgan fingerprint density at radius 1 is 0.723 bits per heavy atom. The molecule has 4 aliphatic rings. The lowest BCUT2D eigenvalue weighted by molar-refractivity contribution is 0.168. The molecule has 9 rings (SSSR count). The smallest absolute Gasteiger partial charge is 0.0653 e. The van der Waals surface area contributed by atoms with Crippen molar-refractivity contribution in [2.75, 3.05) is 4.90 Å². The van der Waals surface area contributed by atoms with Crippen LogP contribution in [0.4, 0.5) is 17.1 Å². The molecule has 1 spiro atoms. The minimum atomic E-state index is -0.135. The van der Waals surface area contributed by atoms with Crippen LogP contribution in [0.2, 0.25) is 5.02 Å². The molecule has 0 N–H and O–H groups in total. The van der Waals surface area contributed by atoms with Gasteiger partial charge in [-0.25, -0.2) is 0 Å². The van der Waals surface area contributed by atoms with Crippen molar-refractivity contribution in [2.45, 2.75) is 51.4 Å². The molecule has 0 radical (unpaired) electrons. The summed E-state index contributed by atoms with van der Waals surface area (Å²) >= 11 is 7.46. The Labute approximate surface area is 284 Å². The Morgan fingerprint density at radius 2 is 1.49 bits per heavy atom. The number of rotatable bonds is 4. The van der Waals surface area contributed by atoms with E-state index in [0.717, 1.165) is 40.8 Å². The fraction of sp³-hybridized carbons (Fsp3) is 0.244. The van der Waals surface area contributed by atoms with Crippen LogP contribution in [-0.4, -0.2) is 0 Å². The van der Waals surface area contributed by atoms with Crippen LogP contribution in [0.1, 0.15) is 61.8 Å². The Morgan fingerprint density at radius 3 is 2.34 bits per heavy atom. The average molecular weight is 630 g/mol. The summed E-state index contributed by atoms with van der Waals surface area (Å²) in [6.45, 7) is 4.85. The second kappa shape index (κ2) is 11.1. The molecule has 2 bridgehead atoms. The number of hydrogen-bond donors (Lipinski definition) is 0. The monoisotopic (exact) mass is 629 g/mol. The van der Waals surface area contributed by atoms with Gasteiger partial charge in [0.05, 0.1) is 10.7 Å². The van der Waals surface area contributed by atoms with Crippen LogP contribution >= 0.6 is 11.6 Å². The van der Waals surface area contributed by atoms with Crippen LogP contribution in [0.25, 0.3) is 28.3 Å². The number of benzene rings is 5. The zero-order valence-electron chi connectivity index (χ0n) is 27.2. The standard InChI is InChI=1S/C45H40ClN/c1-29-22-35-24-36(23-29)45(28-30(35)2)41-15-9-8-14-39(41)40-26-43(46)44(27-42(40)45)47(38-21-18-32-12-6-7-13-34(32)25-38)37-19-16-33(17-20-37)31-10-4-3-5-11-31/h3-6,8-12,14-21,25-29,35-36H,7,13,22-24H2,1-2H3. The topological polar surface area (TPSA) is 3.24 Å². The molecule has 4 unspecified atom stereocenters. The van der Waals surface area contributed by atoms with Gasteiger partial charge in [0.2, 0.25) is 0 Å². The highest BCUT2D eigenvalue weighted by molar-refractivity contribution is 6.34. The SMILES string of the molecule is CC1=CC2(c3ccccc3-c3cc(Cl)c(N(c4ccc(-c5ccccc5)cc4)c4ccc5c(c4)CCC=C5)cc32)C2CC(C)CC1C2. The molecular weight excluding hydrogens is 590 g/mol. The summed E-state index contributed by atoms with van der Waals surface area (Å²) in [6.07, 6.45) is 13.2. The summed E-state index contributed by atoms with van der Waals surface area (Å²) in [6, 6.07) is 40.4. The molecule has 0 aliphatic heterocycles. The Balaban J connectivity index is 1.26. The van der Waals surface area contributed by atoms with Gasteiger partial charge in [0.1, 0.15) is 0 Å². The Kier molecular flexibility index (Phi) is 6.84. The van der Waals surface area contributed by atoms with Crippen molar-refractivity contribution in [2.24, 2.45) is 17.8 Å². The lowest BCUT2D eigenvalue weighted by atomic mass is 9.55. The van der Waals surface area contributed by atoms with Gasteiger partial charge in [-0.1, -0.05) is 115 Å². The van der Waals surface area contributed by atoms with Crippen LogP contribution in [0.5, 0.6) is 0 Å². The van der Waals surface area contributed by atoms with E-state index in [1.54, 1.807) is 5.57 Å². The van der Waals surface area contributed by atoms with E-state index < -0.39 is 0 Å². The lowest BCUT2D eigenvalue weighted by Gasteiger charge is -2.49. The van der Waals surface area contributed by atoms with Crippen molar-refractivity contribution in [3.63, 3.8) is 0 Å². The zero-order valence-corrected chi connectivity index (χ0v) is 28.0. The average Bonchev–Trinajstić information content (AvgIpc) is 3.37. The molecule has 0 aromatic heterocycles. The maximum Gasteiger partial charge on any atom is 0.0653 e. The first-order valence-corrected chi connectivity index (χ1v) is 17.8. The highest BCUT2D eigenvalue weighted by atomic mass is 35.5. The number of aryl methyl sites for hydroxylation is 1. The largest absolute Gasteiger partial charge is 0.309 e. The summed E-state index contributed by atoms with van der Waals surface area (Å²) in [5.41, 5.74) is 15.4. The second-order valence-electron chi connectivity index (χ2n) is 14.4. The fourth-order valence-electron chi connectivity index (χ4n) is 9.48. The molecule has 0 heterocycles. The number of halogens is 1. The molecule has 0 saturated heterocycles. The number of hydrogen-bond acceptors (Lipinski definition) is 1. The zero-order chi connectivity index (χ0) is 31.7. The van der Waals surface area contributed by atoms with Gasteiger partial charge in [0.15, 0.2) is 0 Å². The third kappa shape index (κ3) is 4.58.